The molecule has 1 aliphatic carbocycles. The predicted octanol–water partition coefficient (Wildman–Crippen LogP) is 1.02. The Labute approximate surface area is 192 Å². The molecule has 1 unspecified atom stereocenters. The minimum absolute atomic E-state index is 0.135. The highest BCUT2D eigenvalue weighted by Gasteiger charge is 2.44. The number of hydrogen-bond acceptors (Lipinski definition) is 10. The van der Waals surface area contributed by atoms with Gasteiger partial charge in [-0.2, -0.15) is 9.97 Å². The fourth-order valence-electron chi connectivity index (χ4n) is 5.06. The second-order valence-electron chi connectivity index (χ2n) is 9.35. The molecule has 2 aromatic heterocycles. The van der Waals surface area contributed by atoms with Gasteiger partial charge in [0, 0.05) is 19.7 Å². The largest absolute Gasteiger partial charge is 0.394 e. The van der Waals surface area contributed by atoms with Crippen LogP contribution in [0.4, 0.5) is 11.8 Å². The average Bonchev–Trinajstić information content (AvgIpc) is 3.57. The van der Waals surface area contributed by atoms with Crippen molar-refractivity contribution < 1.29 is 24.8 Å². The van der Waals surface area contributed by atoms with E-state index in [1.54, 1.807) is 4.57 Å². The van der Waals surface area contributed by atoms with Crippen LogP contribution in [0.15, 0.2) is 6.33 Å². The van der Waals surface area contributed by atoms with E-state index in [-0.39, 0.29) is 6.10 Å². The highest BCUT2D eigenvalue weighted by molar-refractivity contribution is 5.84. The minimum Gasteiger partial charge on any atom is -0.394 e. The first-order chi connectivity index (χ1) is 16.1. The van der Waals surface area contributed by atoms with E-state index in [9.17, 15) is 15.3 Å². The lowest BCUT2D eigenvalue weighted by Crippen LogP contribution is -2.33. The normalized spacial score (nSPS) is 30.8. The topological polar surface area (TPSA) is 147 Å². The lowest BCUT2D eigenvalue weighted by Gasteiger charge is -2.22. The van der Waals surface area contributed by atoms with Gasteiger partial charge in [-0.1, -0.05) is 19.3 Å². The Kier molecular flexibility index (Phi) is 6.93. The van der Waals surface area contributed by atoms with Gasteiger partial charge in [0.25, 0.3) is 0 Å². The lowest BCUT2D eigenvalue weighted by molar-refractivity contribution is -0.0511. The SMILES string of the molecule is OC[C@H]1O[C@@H](n2cnc3c(NCC4CCCO4)nc(NCC4CCCCC4)nc32)[C@H](O)[C@@H]1O. The summed E-state index contributed by atoms with van der Waals surface area (Å²) >= 11 is 0. The van der Waals surface area contributed by atoms with E-state index in [0.29, 0.717) is 35.4 Å². The smallest absolute Gasteiger partial charge is 0.226 e. The van der Waals surface area contributed by atoms with E-state index in [1.165, 1.54) is 38.4 Å². The van der Waals surface area contributed by atoms with Crippen molar-refractivity contribution in [3.63, 3.8) is 0 Å². The highest BCUT2D eigenvalue weighted by atomic mass is 16.6. The highest BCUT2D eigenvalue weighted by Crippen LogP contribution is 2.33. The minimum atomic E-state index is -1.21. The monoisotopic (exact) mass is 462 g/mol. The molecule has 0 aromatic carbocycles. The van der Waals surface area contributed by atoms with Crippen molar-refractivity contribution in [2.75, 3.05) is 36.9 Å². The molecule has 1 saturated carbocycles. The maximum absolute atomic E-state index is 10.5. The second-order valence-corrected chi connectivity index (χ2v) is 9.35. The Bertz CT molecular complexity index is 929. The molecular weight excluding hydrogens is 428 g/mol. The maximum Gasteiger partial charge on any atom is 0.226 e. The number of hydrogen-bond donors (Lipinski definition) is 5. The summed E-state index contributed by atoms with van der Waals surface area (Å²) in [5.41, 5.74) is 1.04. The third-order valence-electron chi connectivity index (χ3n) is 7.01. The number of fused-ring (bicyclic) bond motifs is 1. The number of nitrogens with one attached hydrogen (secondary N) is 2. The van der Waals surface area contributed by atoms with Gasteiger partial charge >= 0.3 is 0 Å². The number of aliphatic hydroxyl groups is 3. The third-order valence-corrected chi connectivity index (χ3v) is 7.01. The summed E-state index contributed by atoms with van der Waals surface area (Å²) in [6, 6.07) is 0. The van der Waals surface area contributed by atoms with Gasteiger partial charge in [-0.15, -0.1) is 0 Å². The summed E-state index contributed by atoms with van der Waals surface area (Å²) in [4.78, 5) is 13.9. The summed E-state index contributed by atoms with van der Waals surface area (Å²) in [6.45, 7) is 1.81. The molecule has 5 rings (SSSR count). The number of anilines is 2. The zero-order valence-corrected chi connectivity index (χ0v) is 18.8. The van der Waals surface area contributed by atoms with Crippen molar-refractivity contribution in [3.8, 4) is 0 Å². The van der Waals surface area contributed by atoms with Crippen LogP contribution in [0.3, 0.4) is 0 Å². The van der Waals surface area contributed by atoms with Gasteiger partial charge in [0.1, 0.15) is 18.3 Å². The Morgan fingerprint density at radius 1 is 1.00 bits per heavy atom. The first kappa shape index (κ1) is 22.7. The molecule has 2 aromatic rings. The number of imidazole rings is 1. The molecule has 3 aliphatic rings. The molecule has 2 saturated heterocycles. The molecule has 0 radical (unpaired) electrons. The molecule has 33 heavy (non-hydrogen) atoms. The van der Waals surface area contributed by atoms with Crippen molar-refractivity contribution in [2.45, 2.75) is 75.6 Å². The van der Waals surface area contributed by atoms with E-state index in [4.69, 9.17) is 14.5 Å². The van der Waals surface area contributed by atoms with E-state index in [2.05, 4.69) is 20.6 Å². The lowest BCUT2D eigenvalue weighted by atomic mass is 9.89. The molecular formula is C22H34N6O5. The van der Waals surface area contributed by atoms with Crippen molar-refractivity contribution in [2.24, 2.45) is 5.92 Å². The summed E-state index contributed by atoms with van der Waals surface area (Å²) in [7, 11) is 0. The maximum atomic E-state index is 10.5. The van der Waals surface area contributed by atoms with Gasteiger partial charge in [-0.05, 0) is 31.6 Å². The fraction of sp³-hybridized carbons (Fsp3) is 0.773. The van der Waals surface area contributed by atoms with E-state index in [0.717, 1.165) is 26.0 Å². The summed E-state index contributed by atoms with van der Waals surface area (Å²) in [5, 5.41) is 36.9. The van der Waals surface area contributed by atoms with Crippen LogP contribution < -0.4 is 10.6 Å². The van der Waals surface area contributed by atoms with Crippen LogP contribution in [-0.4, -0.2) is 85.6 Å². The van der Waals surface area contributed by atoms with Crippen LogP contribution in [0.5, 0.6) is 0 Å². The van der Waals surface area contributed by atoms with Crippen LogP contribution in [0, 0.1) is 5.92 Å². The molecule has 2 aliphatic heterocycles. The summed E-state index contributed by atoms with van der Waals surface area (Å²) in [5.74, 6) is 1.68. The first-order valence-corrected chi connectivity index (χ1v) is 12.1. The molecule has 5 N–H and O–H groups in total. The van der Waals surface area contributed by atoms with Crippen LogP contribution in [0.1, 0.15) is 51.2 Å². The van der Waals surface area contributed by atoms with Crippen LogP contribution in [-0.2, 0) is 9.47 Å². The van der Waals surface area contributed by atoms with Crippen LogP contribution in [0.25, 0.3) is 11.2 Å². The molecule has 0 spiro atoms. The number of ether oxygens (including phenoxy) is 2. The average molecular weight is 463 g/mol. The van der Waals surface area contributed by atoms with Gasteiger partial charge < -0.3 is 35.4 Å². The zero-order chi connectivity index (χ0) is 22.8. The Hall–Kier alpha value is -2.05. The predicted molar refractivity (Wildman–Crippen MR) is 121 cm³/mol. The molecule has 5 atom stereocenters. The van der Waals surface area contributed by atoms with Gasteiger partial charge in [0.2, 0.25) is 5.95 Å². The van der Waals surface area contributed by atoms with Crippen molar-refractivity contribution in [1.29, 1.82) is 0 Å². The molecule has 0 bridgehead atoms. The quantitative estimate of drug-likeness (QED) is 0.385. The number of rotatable bonds is 8. The second kappa shape index (κ2) is 10.1. The Balaban J connectivity index is 1.42. The molecule has 11 heteroatoms. The van der Waals surface area contributed by atoms with Gasteiger partial charge in [0.05, 0.1) is 19.0 Å². The molecule has 4 heterocycles. The van der Waals surface area contributed by atoms with E-state index in [1.807, 2.05) is 0 Å². The number of aromatic nitrogens is 4. The summed E-state index contributed by atoms with van der Waals surface area (Å²) < 4.78 is 13.0. The van der Waals surface area contributed by atoms with E-state index < -0.39 is 31.1 Å². The van der Waals surface area contributed by atoms with Gasteiger partial charge in [0.15, 0.2) is 23.2 Å². The first-order valence-electron chi connectivity index (χ1n) is 12.1. The van der Waals surface area contributed by atoms with Crippen molar-refractivity contribution in [3.05, 3.63) is 6.33 Å². The molecule has 0 amide bonds. The molecule has 3 fully saturated rings. The van der Waals surface area contributed by atoms with Crippen LogP contribution in [0.2, 0.25) is 0 Å². The number of aliphatic hydroxyl groups excluding tert-OH is 3. The molecule has 11 nitrogen and oxygen atoms in total. The van der Waals surface area contributed by atoms with E-state index >= 15 is 0 Å². The zero-order valence-electron chi connectivity index (χ0n) is 18.8. The standard InChI is InChI=1S/C22H34N6O5/c29-11-15-17(30)18(31)21(33-15)28-12-25-16-19(23-10-14-7-4-8-32-14)26-22(27-20(16)28)24-9-13-5-2-1-3-6-13/h12-15,17-18,21,29-31H,1-11H2,(H2,23,24,26,27)/t14?,15-,17-,18-,21-/m1/s1. The summed E-state index contributed by atoms with van der Waals surface area (Å²) in [6.07, 6.45) is 5.79. The Morgan fingerprint density at radius 3 is 2.58 bits per heavy atom. The third kappa shape index (κ3) is 4.78. The number of nitrogens with zero attached hydrogens (tertiary/aromatic N) is 4. The van der Waals surface area contributed by atoms with Crippen LogP contribution >= 0.6 is 0 Å². The fourth-order valence-corrected chi connectivity index (χ4v) is 5.06. The van der Waals surface area contributed by atoms with Gasteiger partial charge in [-0.25, -0.2) is 4.98 Å². The van der Waals surface area contributed by atoms with Crippen molar-refractivity contribution >= 4 is 22.9 Å². The van der Waals surface area contributed by atoms with Crippen molar-refractivity contribution in [1.82, 2.24) is 19.5 Å². The van der Waals surface area contributed by atoms with Gasteiger partial charge in [-0.3, -0.25) is 4.57 Å². The Morgan fingerprint density at radius 2 is 1.85 bits per heavy atom. The molecule has 182 valence electrons.